The number of hydrogen-bond acceptors (Lipinski definition) is 6. The Morgan fingerprint density at radius 2 is 1.94 bits per heavy atom. The Morgan fingerprint density at radius 1 is 1.28 bits per heavy atom. The van der Waals surface area contributed by atoms with Crippen LogP contribution in [-0.2, 0) is 30.0 Å². The van der Waals surface area contributed by atoms with Gasteiger partial charge in [0.05, 0.1) is 58.4 Å². The summed E-state index contributed by atoms with van der Waals surface area (Å²) < 4.78 is 51.6. The third-order valence-corrected chi connectivity index (χ3v) is 6.76. The number of rotatable bonds is 4. The van der Waals surface area contributed by atoms with Crippen molar-refractivity contribution < 1.29 is 37.0 Å². The van der Waals surface area contributed by atoms with Gasteiger partial charge in [0.15, 0.2) is 0 Å². The maximum Gasteiger partial charge on any atom is 0.417 e. The Morgan fingerprint density at radius 3 is 2.53 bits per heavy atom. The fourth-order valence-corrected chi connectivity index (χ4v) is 5.43. The lowest BCUT2D eigenvalue weighted by Gasteiger charge is -2.33. The molecule has 0 aliphatic carbocycles. The monoisotopic (exact) mass is 450 g/mol. The molecule has 0 radical (unpaired) electrons. The molecule has 0 aromatic heterocycles. The van der Waals surface area contributed by atoms with Crippen molar-refractivity contribution in [1.82, 2.24) is 0 Å². The number of anilines is 1. The molecule has 3 saturated heterocycles. The van der Waals surface area contributed by atoms with Gasteiger partial charge in [0, 0.05) is 0 Å². The summed E-state index contributed by atoms with van der Waals surface area (Å²) in [6.07, 6.45) is -4.05. The predicted octanol–water partition coefficient (Wildman–Crippen LogP) is 3.20. The van der Waals surface area contributed by atoms with E-state index in [4.69, 9.17) is 14.7 Å². The van der Waals surface area contributed by atoms with Crippen LogP contribution in [0, 0.1) is 29.1 Å². The highest BCUT2D eigenvalue weighted by Gasteiger charge is 2.77. The number of halogens is 3. The topological polar surface area (TPSA) is 96.7 Å². The molecule has 5 atom stereocenters. The van der Waals surface area contributed by atoms with E-state index in [0.717, 1.165) is 17.0 Å². The quantitative estimate of drug-likeness (QED) is 0.516. The van der Waals surface area contributed by atoms with Gasteiger partial charge in [0.2, 0.25) is 11.8 Å². The fraction of sp³-hybridized carbons (Fsp3) is 0.545. The zero-order valence-electron chi connectivity index (χ0n) is 17.7. The summed E-state index contributed by atoms with van der Waals surface area (Å²) in [6, 6.07) is 4.19. The number of ether oxygens (including phenoxy) is 2. The minimum atomic E-state index is -4.84. The van der Waals surface area contributed by atoms with Gasteiger partial charge in [-0.05, 0) is 44.9 Å². The molecular formula is C22H21F3N2O5. The second-order valence-electron chi connectivity index (χ2n) is 8.83. The maximum absolute atomic E-state index is 13.4. The van der Waals surface area contributed by atoms with Gasteiger partial charge in [0.1, 0.15) is 0 Å². The molecule has 32 heavy (non-hydrogen) atoms. The highest BCUT2D eigenvalue weighted by atomic mass is 19.4. The van der Waals surface area contributed by atoms with E-state index in [1.165, 1.54) is 6.07 Å². The van der Waals surface area contributed by atoms with Crippen molar-refractivity contribution in [1.29, 1.82) is 5.26 Å². The van der Waals surface area contributed by atoms with E-state index in [1.54, 1.807) is 13.8 Å². The number of imide groups is 1. The van der Waals surface area contributed by atoms with Crippen molar-refractivity contribution in [3.63, 3.8) is 0 Å². The average Bonchev–Trinajstić information content (AvgIpc) is 3.25. The van der Waals surface area contributed by atoms with Crippen molar-refractivity contribution in [3.8, 4) is 6.07 Å². The molecule has 4 rings (SSSR count). The number of nitriles is 1. The van der Waals surface area contributed by atoms with Gasteiger partial charge in [-0.3, -0.25) is 14.4 Å². The number of amides is 2. The molecule has 7 nitrogen and oxygen atoms in total. The van der Waals surface area contributed by atoms with Crippen molar-refractivity contribution in [2.75, 3.05) is 11.5 Å². The number of carbonyl (C=O) groups is 3. The summed E-state index contributed by atoms with van der Waals surface area (Å²) in [5, 5.41) is 9.00. The zero-order valence-corrected chi connectivity index (χ0v) is 17.7. The summed E-state index contributed by atoms with van der Waals surface area (Å²) in [5.74, 6) is -4.66. The van der Waals surface area contributed by atoms with Crippen molar-refractivity contribution in [3.05, 3.63) is 29.3 Å². The molecule has 2 amide bonds. The number of esters is 1. The number of benzene rings is 1. The highest BCUT2D eigenvalue weighted by Crippen LogP contribution is 2.63. The van der Waals surface area contributed by atoms with E-state index in [2.05, 4.69) is 0 Å². The minimum absolute atomic E-state index is 0.168. The van der Waals surface area contributed by atoms with Crippen LogP contribution in [0.4, 0.5) is 18.9 Å². The maximum atomic E-state index is 13.4. The van der Waals surface area contributed by atoms with Crippen LogP contribution in [0.1, 0.15) is 44.7 Å². The number of hydrogen-bond donors (Lipinski definition) is 0. The van der Waals surface area contributed by atoms with Gasteiger partial charge < -0.3 is 9.47 Å². The standard InChI is InChI=1S/C22H21F3N2O5/c1-4-7-31-19(30)14-9-20(2)15-16(21(14,3)32-20)18(29)27(17(15)28)12-6-5-11(10-26)13(8-12)22(23,24)25/h5-6,8,14-16H,4,7,9H2,1-3H3/t14-,15+,16-,20?,21?/m0/s1. The SMILES string of the molecule is CCCOC(=O)[C@@H]1CC2(C)OC1(C)[C@@H]1C(=O)N(c3ccc(C#N)c(C(F)(F)F)c3)C(=O)[C@@H]12. The summed E-state index contributed by atoms with van der Waals surface area (Å²) in [5.41, 5.74) is -4.55. The zero-order chi connectivity index (χ0) is 23.6. The lowest BCUT2D eigenvalue weighted by molar-refractivity contribution is -0.156. The van der Waals surface area contributed by atoms with Gasteiger partial charge in [-0.2, -0.15) is 18.4 Å². The second kappa shape index (κ2) is 7.04. The lowest BCUT2D eigenvalue weighted by atomic mass is 9.64. The van der Waals surface area contributed by atoms with Crippen LogP contribution in [0.2, 0.25) is 0 Å². The molecule has 2 unspecified atom stereocenters. The Balaban J connectivity index is 1.73. The molecule has 0 spiro atoms. The normalized spacial score (nSPS) is 33.4. The van der Waals surface area contributed by atoms with Gasteiger partial charge in [0.25, 0.3) is 0 Å². The second-order valence-corrected chi connectivity index (χ2v) is 8.83. The van der Waals surface area contributed by atoms with Crippen LogP contribution >= 0.6 is 0 Å². The molecule has 1 aromatic rings. The number of fused-ring (bicyclic) bond motifs is 5. The molecule has 0 N–H and O–H groups in total. The summed E-state index contributed by atoms with van der Waals surface area (Å²) >= 11 is 0. The van der Waals surface area contributed by atoms with Gasteiger partial charge >= 0.3 is 12.1 Å². The van der Waals surface area contributed by atoms with Crippen molar-refractivity contribution in [2.24, 2.45) is 17.8 Å². The first-order valence-electron chi connectivity index (χ1n) is 10.2. The number of alkyl halides is 3. The largest absolute Gasteiger partial charge is 0.465 e. The van der Waals surface area contributed by atoms with Crippen molar-refractivity contribution in [2.45, 2.75) is 51.0 Å². The van der Waals surface area contributed by atoms with E-state index in [1.807, 2.05) is 6.92 Å². The third kappa shape index (κ3) is 2.94. The van der Waals surface area contributed by atoms with Gasteiger partial charge in [-0.15, -0.1) is 0 Å². The molecule has 3 fully saturated rings. The summed E-state index contributed by atoms with van der Waals surface area (Å²) in [6.45, 7) is 5.27. The summed E-state index contributed by atoms with van der Waals surface area (Å²) in [7, 11) is 0. The molecule has 0 saturated carbocycles. The third-order valence-electron chi connectivity index (χ3n) is 6.76. The molecule has 170 valence electrons. The first-order valence-corrected chi connectivity index (χ1v) is 10.2. The van der Waals surface area contributed by atoms with Crippen LogP contribution < -0.4 is 4.90 Å². The van der Waals surface area contributed by atoms with Gasteiger partial charge in [-0.1, -0.05) is 6.92 Å². The average molecular weight is 450 g/mol. The van der Waals surface area contributed by atoms with E-state index >= 15 is 0 Å². The van der Waals surface area contributed by atoms with E-state index in [9.17, 15) is 27.6 Å². The molecule has 3 aliphatic rings. The van der Waals surface area contributed by atoms with E-state index in [0.29, 0.717) is 12.5 Å². The smallest absolute Gasteiger partial charge is 0.417 e. The minimum Gasteiger partial charge on any atom is -0.465 e. The molecule has 3 aliphatic heterocycles. The van der Waals surface area contributed by atoms with Gasteiger partial charge in [-0.25, -0.2) is 4.90 Å². The first-order chi connectivity index (χ1) is 14.9. The Hall–Kier alpha value is -2.93. The molecule has 10 heteroatoms. The fourth-order valence-electron chi connectivity index (χ4n) is 5.43. The van der Waals surface area contributed by atoms with Crippen LogP contribution in [0.15, 0.2) is 18.2 Å². The van der Waals surface area contributed by atoms with E-state index in [-0.39, 0.29) is 18.7 Å². The van der Waals surface area contributed by atoms with Crippen LogP contribution in [0.25, 0.3) is 0 Å². The molecule has 3 heterocycles. The molecular weight excluding hydrogens is 429 g/mol. The number of nitrogens with zero attached hydrogens (tertiary/aromatic N) is 2. The Labute approximate surface area is 182 Å². The number of carbonyl (C=O) groups excluding carboxylic acids is 3. The first kappa shape index (κ1) is 22.3. The molecule has 1 aromatic carbocycles. The molecule has 2 bridgehead atoms. The Bertz CT molecular complexity index is 1060. The lowest BCUT2D eigenvalue weighted by Crippen LogP contribution is -2.49. The van der Waals surface area contributed by atoms with E-state index < -0.39 is 64.0 Å². The Kier molecular flexibility index (Phi) is 4.90. The van der Waals surface area contributed by atoms with Crippen LogP contribution in [0.5, 0.6) is 0 Å². The summed E-state index contributed by atoms with van der Waals surface area (Å²) in [4.78, 5) is 40.0. The van der Waals surface area contributed by atoms with Crippen LogP contribution in [-0.4, -0.2) is 35.6 Å². The highest BCUT2D eigenvalue weighted by molar-refractivity contribution is 6.23. The van der Waals surface area contributed by atoms with Crippen molar-refractivity contribution >= 4 is 23.5 Å². The van der Waals surface area contributed by atoms with Crippen LogP contribution in [0.3, 0.4) is 0 Å². The predicted molar refractivity (Wildman–Crippen MR) is 103 cm³/mol.